The highest BCUT2D eigenvalue weighted by molar-refractivity contribution is 6.08. The van der Waals surface area contributed by atoms with Crippen LogP contribution in [-0.2, 0) is 0 Å². The molecule has 0 aliphatic rings. The van der Waals surface area contributed by atoms with Gasteiger partial charge in [-0.1, -0.05) is 135 Å². The number of furan rings is 1. The number of fused-ring (bicyclic) bond motifs is 4. The van der Waals surface area contributed by atoms with Crippen molar-refractivity contribution in [1.82, 2.24) is 14.5 Å². The molecule has 0 fully saturated rings. The van der Waals surface area contributed by atoms with Gasteiger partial charge in [-0.2, -0.15) is 0 Å². The quantitative estimate of drug-likeness (QED) is 0.145. The molecule has 0 amide bonds. The summed E-state index contributed by atoms with van der Waals surface area (Å²) in [5, 5.41) is 2.07. The van der Waals surface area contributed by atoms with Crippen LogP contribution in [0.15, 0.2) is 170 Å². The monoisotopic (exact) mass is 657 g/mol. The lowest BCUT2D eigenvalue weighted by Crippen LogP contribution is -1.97. The first-order valence-corrected chi connectivity index (χ1v) is 17.0. The normalized spacial score (nSPS) is 11.9. The predicted molar refractivity (Wildman–Crippen MR) is 216 cm³/mol. The van der Waals surface area contributed by atoms with Crippen molar-refractivity contribution in [3.63, 3.8) is 0 Å². The van der Waals surface area contributed by atoms with Crippen LogP contribution < -0.4 is 0 Å². The van der Waals surface area contributed by atoms with E-state index in [0.29, 0.717) is 11.4 Å². The van der Waals surface area contributed by atoms with Gasteiger partial charge in [0.05, 0.1) is 11.2 Å². The Morgan fingerprint density at radius 1 is 0.647 bits per heavy atom. The van der Waals surface area contributed by atoms with Crippen LogP contribution in [0.3, 0.4) is 0 Å². The van der Waals surface area contributed by atoms with Crippen LogP contribution in [0, 0.1) is 0 Å². The Hall–Kier alpha value is -6.78. The molecule has 0 unspecified atom stereocenters. The molecule has 0 atom stereocenters. The first kappa shape index (κ1) is 31.5. The number of hydrogen-bond donors (Lipinski definition) is 0. The number of rotatable bonds is 9. The lowest BCUT2D eigenvalue weighted by molar-refractivity contribution is 0.667. The summed E-state index contributed by atoms with van der Waals surface area (Å²) in [5.74, 6) is 0.668. The molecule has 3 aromatic heterocycles. The SMILES string of the molecule is C=C/C=C(\C=C/C)n1c(C=C)c(C=C)c2cc(-c3ccc(-c4ccc5oc6c(-c7ccccc7)nc(-c7ccccc7)nc6c5c4)cc3)ccc21. The van der Waals surface area contributed by atoms with Gasteiger partial charge in [-0.3, -0.25) is 0 Å². The van der Waals surface area contributed by atoms with E-state index in [1.807, 2.05) is 91.9 Å². The van der Waals surface area contributed by atoms with Gasteiger partial charge in [0.2, 0.25) is 0 Å². The second-order valence-corrected chi connectivity index (χ2v) is 12.3. The highest BCUT2D eigenvalue weighted by atomic mass is 16.3. The summed E-state index contributed by atoms with van der Waals surface area (Å²) in [6.45, 7) is 14.2. The Morgan fingerprint density at radius 3 is 1.90 bits per heavy atom. The number of hydrogen-bond acceptors (Lipinski definition) is 3. The number of allylic oxidation sites excluding steroid dienone is 5. The Kier molecular flexibility index (Phi) is 8.19. The standard InChI is InChI=1S/C47H35N3O/c1-5-15-37(16-6-2)50-41(8-4)38(7-3)39-29-35(25-27-42(39)50)31-21-23-32(24-22-31)36-26-28-43-40(30-36)45-46(51-43)44(33-17-11-9-12-18-33)48-47(49-45)34-19-13-10-14-20-34/h5-30H,1,3-4H2,2H3/b16-6-,37-15+. The minimum absolute atomic E-state index is 0.668. The second kappa shape index (κ2) is 13.3. The van der Waals surface area contributed by atoms with E-state index in [1.165, 1.54) is 0 Å². The van der Waals surface area contributed by atoms with Gasteiger partial charge >= 0.3 is 0 Å². The number of benzene rings is 5. The van der Waals surface area contributed by atoms with Gasteiger partial charge in [-0.25, -0.2) is 9.97 Å². The zero-order valence-electron chi connectivity index (χ0n) is 28.4. The molecule has 51 heavy (non-hydrogen) atoms. The molecule has 0 saturated heterocycles. The maximum absolute atomic E-state index is 6.46. The van der Waals surface area contributed by atoms with E-state index in [9.17, 15) is 0 Å². The number of aromatic nitrogens is 3. The van der Waals surface area contributed by atoms with Crippen LogP contribution >= 0.6 is 0 Å². The molecule has 0 bridgehead atoms. The van der Waals surface area contributed by atoms with E-state index < -0.39 is 0 Å². The maximum atomic E-state index is 6.46. The summed E-state index contributed by atoms with van der Waals surface area (Å²) in [5.41, 5.74) is 13.6. The third-order valence-electron chi connectivity index (χ3n) is 9.27. The summed E-state index contributed by atoms with van der Waals surface area (Å²) in [7, 11) is 0. The highest BCUT2D eigenvalue weighted by Gasteiger charge is 2.19. The summed E-state index contributed by atoms with van der Waals surface area (Å²) in [6.07, 6.45) is 11.7. The molecule has 0 spiro atoms. The third kappa shape index (κ3) is 5.53. The van der Waals surface area contributed by atoms with E-state index in [2.05, 4.69) is 97.1 Å². The topological polar surface area (TPSA) is 43.9 Å². The summed E-state index contributed by atoms with van der Waals surface area (Å²) >= 11 is 0. The maximum Gasteiger partial charge on any atom is 0.180 e. The van der Waals surface area contributed by atoms with Crippen LogP contribution in [0.4, 0.5) is 0 Å². The van der Waals surface area contributed by atoms with Crippen molar-refractivity contribution in [2.45, 2.75) is 6.92 Å². The van der Waals surface area contributed by atoms with Gasteiger partial charge in [0, 0.05) is 33.2 Å². The van der Waals surface area contributed by atoms with Gasteiger partial charge in [0.1, 0.15) is 16.8 Å². The minimum Gasteiger partial charge on any atom is -0.452 e. The van der Waals surface area contributed by atoms with Gasteiger partial charge < -0.3 is 8.98 Å². The molecule has 4 nitrogen and oxygen atoms in total. The molecule has 4 heteroatoms. The predicted octanol–water partition coefficient (Wildman–Crippen LogP) is 12.9. The van der Waals surface area contributed by atoms with E-state index in [-0.39, 0.29) is 0 Å². The Morgan fingerprint density at radius 2 is 1.27 bits per heavy atom. The fraction of sp³-hybridized carbons (Fsp3) is 0.0213. The van der Waals surface area contributed by atoms with E-state index in [4.69, 9.17) is 14.4 Å². The van der Waals surface area contributed by atoms with Crippen molar-refractivity contribution in [1.29, 1.82) is 0 Å². The average molecular weight is 658 g/mol. The van der Waals surface area contributed by atoms with Crippen molar-refractivity contribution in [3.05, 3.63) is 177 Å². The Labute approximate surface area is 297 Å². The molecular weight excluding hydrogens is 623 g/mol. The first-order chi connectivity index (χ1) is 25.1. The third-order valence-corrected chi connectivity index (χ3v) is 9.27. The van der Waals surface area contributed by atoms with Crippen LogP contribution in [0.5, 0.6) is 0 Å². The van der Waals surface area contributed by atoms with Crippen molar-refractivity contribution in [2.75, 3.05) is 0 Å². The summed E-state index contributed by atoms with van der Waals surface area (Å²) < 4.78 is 8.67. The lowest BCUT2D eigenvalue weighted by Gasteiger charge is -2.10. The Bertz CT molecular complexity index is 2670. The van der Waals surface area contributed by atoms with Crippen molar-refractivity contribution >= 4 is 50.8 Å². The molecule has 0 radical (unpaired) electrons. The molecule has 5 aromatic carbocycles. The molecule has 0 aliphatic heterocycles. The molecular formula is C47H35N3O. The molecule has 0 N–H and O–H groups in total. The van der Waals surface area contributed by atoms with Crippen molar-refractivity contribution in [2.24, 2.45) is 0 Å². The molecule has 8 rings (SSSR count). The van der Waals surface area contributed by atoms with Gasteiger partial charge in [0.25, 0.3) is 0 Å². The molecule has 244 valence electrons. The molecule has 3 heterocycles. The second-order valence-electron chi connectivity index (χ2n) is 12.3. The van der Waals surface area contributed by atoms with Gasteiger partial charge in [-0.05, 0) is 71.7 Å². The minimum atomic E-state index is 0.668. The summed E-state index contributed by atoms with van der Waals surface area (Å²) in [6, 6.07) is 41.9. The molecule has 0 saturated carbocycles. The van der Waals surface area contributed by atoms with Crippen LogP contribution in [0.1, 0.15) is 18.2 Å². The zero-order chi connectivity index (χ0) is 34.9. The smallest absolute Gasteiger partial charge is 0.180 e. The van der Waals surface area contributed by atoms with E-state index in [1.54, 1.807) is 0 Å². The average Bonchev–Trinajstić information content (AvgIpc) is 3.72. The van der Waals surface area contributed by atoms with Gasteiger partial charge in [0.15, 0.2) is 11.4 Å². The van der Waals surface area contributed by atoms with E-state index >= 15 is 0 Å². The molecule has 0 aliphatic carbocycles. The van der Waals surface area contributed by atoms with E-state index in [0.717, 1.165) is 83.4 Å². The fourth-order valence-corrected chi connectivity index (χ4v) is 6.89. The number of nitrogens with zero attached hydrogens (tertiary/aromatic N) is 3. The zero-order valence-corrected chi connectivity index (χ0v) is 28.4. The van der Waals surface area contributed by atoms with Crippen molar-refractivity contribution in [3.8, 4) is 44.9 Å². The lowest BCUT2D eigenvalue weighted by atomic mass is 9.98. The van der Waals surface area contributed by atoms with Crippen LogP contribution in [-0.4, -0.2) is 14.5 Å². The summed E-state index contributed by atoms with van der Waals surface area (Å²) in [4.78, 5) is 10.1. The van der Waals surface area contributed by atoms with Crippen molar-refractivity contribution < 1.29 is 4.42 Å². The molecule has 8 aromatic rings. The van der Waals surface area contributed by atoms with Crippen LogP contribution in [0.25, 0.3) is 95.7 Å². The first-order valence-electron chi connectivity index (χ1n) is 17.0. The largest absolute Gasteiger partial charge is 0.452 e. The highest BCUT2D eigenvalue weighted by Crippen LogP contribution is 2.39. The Balaban J connectivity index is 1.21. The van der Waals surface area contributed by atoms with Crippen LogP contribution in [0.2, 0.25) is 0 Å². The fourth-order valence-electron chi connectivity index (χ4n) is 6.89. The van der Waals surface area contributed by atoms with Gasteiger partial charge in [-0.15, -0.1) is 0 Å².